The number of nitrogens with zero attached hydrogens (tertiary/aromatic N) is 1. The van der Waals surface area contributed by atoms with Crippen molar-refractivity contribution in [2.24, 2.45) is 5.92 Å². The fourth-order valence-electron chi connectivity index (χ4n) is 3.04. The zero-order valence-corrected chi connectivity index (χ0v) is 12.8. The highest BCUT2D eigenvalue weighted by Crippen LogP contribution is 2.30. The molecule has 4 nitrogen and oxygen atoms in total. The van der Waals surface area contributed by atoms with Crippen LogP contribution in [0.5, 0.6) is 0 Å². The Morgan fingerprint density at radius 1 is 1.11 bits per heavy atom. The van der Waals surface area contributed by atoms with Crippen LogP contribution in [0.2, 0.25) is 0 Å². The Kier molecular flexibility index (Phi) is 8.62. The van der Waals surface area contributed by atoms with Gasteiger partial charge in [-0.25, -0.2) is 0 Å². The van der Waals surface area contributed by atoms with Gasteiger partial charge in [-0.1, -0.05) is 13.3 Å². The summed E-state index contributed by atoms with van der Waals surface area (Å²) >= 11 is 0. The van der Waals surface area contributed by atoms with Gasteiger partial charge in [-0.15, -0.1) is 0 Å². The molecular weight excluding hydrogens is 242 g/mol. The monoisotopic (exact) mass is 273 g/mol. The van der Waals surface area contributed by atoms with Crippen LogP contribution in [0.1, 0.15) is 39.0 Å². The van der Waals surface area contributed by atoms with Crippen molar-refractivity contribution in [3.63, 3.8) is 0 Å². The maximum absolute atomic E-state index is 10.3. The van der Waals surface area contributed by atoms with Crippen molar-refractivity contribution in [2.45, 2.75) is 51.2 Å². The molecule has 0 aliphatic heterocycles. The molecule has 4 heteroatoms. The number of aliphatic hydroxyl groups excluding tert-OH is 1. The molecule has 0 amide bonds. The summed E-state index contributed by atoms with van der Waals surface area (Å²) in [6.45, 7) is 5.65. The van der Waals surface area contributed by atoms with Crippen LogP contribution in [-0.4, -0.2) is 62.7 Å². The molecule has 3 atom stereocenters. The van der Waals surface area contributed by atoms with E-state index in [0.717, 1.165) is 51.5 Å². The minimum absolute atomic E-state index is 0.179. The Labute approximate surface area is 118 Å². The molecule has 0 aromatic carbocycles. The number of hydrogen-bond acceptors (Lipinski definition) is 4. The SMILES string of the molecule is CCC1CCC(O)C(N(CCCOC)CCOC)C1. The molecule has 0 aromatic heterocycles. The molecule has 1 N–H and O–H groups in total. The fourth-order valence-corrected chi connectivity index (χ4v) is 3.04. The molecule has 3 unspecified atom stereocenters. The second-order valence-electron chi connectivity index (χ2n) is 5.60. The van der Waals surface area contributed by atoms with E-state index in [1.54, 1.807) is 14.2 Å². The highest BCUT2D eigenvalue weighted by molar-refractivity contribution is 4.86. The van der Waals surface area contributed by atoms with Crippen LogP contribution >= 0.6 is 0 Å². The first-order valence-electron chi connectivity index (χ1n) is 7.62. The van der Waals surface area contributed by atoms with E-state index in [2.05, 4.69) is 11.8 Å². The Bertz CT molecular complexity index is 225. The third-order valence-corrected chi connectivity index (χ3v) is 4.31. The van der Waals surface area contributed by atoms with Crippen molar-refractivity contribution in [3.8, 4) is 0 Å². The standard InChI is InChI=1S/C15H31NO3/c1-4-13-6-7-15(17)14(12-13)16(9-11-19-3)8-5-10-18-2/h13-15,17H,4-12H2,1-3H3. The van der Waals surface area contributed by atoms with Gasteiger partial charge in [-0.05, 0) is 31.6 Å². The van der Waals surface area contributed by atoms with Gasteiger partial charge < -0.3 is 14.6 Å². The average molecular weight is 273 g/mol. The molecule has 0 spiro atoms. The van der Waals surface area contributed by atoms with Crippen molar-refractivity contribution in [1.82, 2.24) is 4.90 Å². The van der Waals surface area contributed by atoms with E-state index < -0.39 is 0 Å². The highest BCUT2D eigenvalue weighted by Gasteiger charge is 2.32. The molecule has 1 saturated carbocycles. The predicted octanol–water partition coefficient (Wildman–Crippen LogP) is 1.91. The van der Waals surface area contributed by atoms with Gasteiger partial charge in [0.25, 0.3) is 0 Å². The summed E-state index contributed by atoms with van der Waals surface area (Å²) in [5.74, 6) is 0.765. The lowest BCUT2D eigenvalue weighted by Crippen LogP contribution is -2.49. The van der Waals surface area contributed by atoms with E-state index in [4.69, 9.17) is 9.47 Å². The van der Waals surface area contributed by atoms with Crippen LogP contribution in [0, 0.1) is 5.92 Å². The molecule has 1 aliphatic carbocycles. The summed E-state index contributed by atoms with van der Waals surface area (Å²) in [5.41, 5.74) is 0. The molecule has 1 rings (SSSR count). The maximum atomic E-state index is 10.3. The second kappa shape index (κ2) is 9.70. The smallest absolute Gasteiger partial charge is 0.0695 e. The third-order valence-electron chi connectivity index (χ3n) is 4.31. The van der Waals surface area contributed by atoms with Crippen molar-refractivity contribution in [3.05, 3.63) is 0 Å². The first-order chi connectivity index (χ1) is 9.22. The molecule has 0 saturated heterocycles. The summed E-state index contributed by atoms with van der Waals surface area (Å²) in [4.78, 5) is 2.40. The average Bonchev–Trinajstić information content (AvgIpc) is 2.43. The van der Waals surface area contributed by atoms with Crippen LogP contribution in [0.4, 0.5) is 0 Å². The Hall–Kier alpha value is -0.160. The molecule has 0 bridgehead atoms. The van der Waals surface area contributed by atoms with Gasteiger partial charge >= 0.3 is 0 Å². The summed E-state index contributed by atoms with van der Waals surface area (Å²) in [7, 11) is 3.47. The molecule has 19 heavy (non-hydrogen) atoms. The maximum Gasteiger partial charge on any atom is 0.0695 e. The Balaban J connectivity index is 2.53. The van der Waals surface area contributed by atoms with E-state index in [0.29, 0.717) is 6.04 Å². The molecule has 0 aromatic rings. The van der Waals surface area contributed by atoms with Gasteiger partial charge in [0, 0.05) is 40.0 Å². The van der Waals surface area contributed by atoms with Gasteiger partial charge in [0.2, 0.25) is 0 Å². The normalized spacial score (nSPS) is 27.9. The largest absolute Gasteiger partial charge is 0.391 e. The fraction of sp³-hybridized carbons (Fsp3) is 1.00. The Morgan fingerprint density at radius 2 is 1.84 bits per heavy atom. The van der Waals surface area contributed by atoms with E-state index in [9.17, 15) is 5.11 Å². The molecule has 114 valence electrons. The number of aliphatic hydroxyl groups is 1. The molecule has 0 radical (unpaired) electrons. The number of ether oxygens (including phenoxy) is 2. The predicted molar refractivity (Wildman–Crippen MR) is 77.4 cm³/mol. The lowest BCUT2D eigenvalue weighted by molar-refractivity contribution is -0.00929. The topological polar surface area (TPSA) is 41.9 Å². The van der Waals surface area contributed by atoms with E-state index >= 15 is 0 Å². The summed E-state index contributed by atoms with van der Waals surface area (Å²) in [6, 6.07) is 0.297. The molecule has 1 aliphatic rings. The summed E-state index contributed by atoms with van der Waals surface area (Å²) in [6.07, 6.45) is 5.29. The van der Waals surface area contributed by atoms with Crippen molar-refractivity contribution >= 4 is 0 Å². The summed E-state index contributed by atoms with van der Waals surface area (Å²) in [5, 5.41) is 10.3. The van der Waals surface area contributed by atoms with Crippen LogP contribution in [0.15, 0.2) is 0 Å². The van der Waals surface area contributed by atoms with Crippen molar-refractivity contribution in [1.29, 1.82) is 0 Å². The minimum atomic E-state index is -0.179. The van der Waals surface area contributed by atoms with Crippen LogP contribution in [0.3, 0.4) is 0 Å². The van der Waals surface area contributed by atoms with Crippen molar-refractivity contribution < 1.29 is 14.6 Å². The number of methoxy groups -OCH3 is 2. The zero-order chi connectivity index (χ0) is 14.1. The van der Waals surface area contributed by atoms with Crippen LogP contribution in [-0.2, 0) is 9.47 Å². The molecular formula is C15H31NO3. The number of rotatable bonds is 9. The Morgan fingerprint density at radius 3 is 2.47 bits per heavy atom. The summed E-state index contributed by atoms with van der Waals surface area (Å²) < 4.78 is 10.3. The van der Waals surface area contributed by atoms with Gasteiger partial charge in [0.15, 0.2) is 0 Å². The van der Waals surface area contributed by atoms with Crippen molar-refractivity contribution in [2.75, 3.05) is 40.5 Å². The lowest BCUT2D eigenvalue weighted by Gasteiger charge is -2.40. The minimum Gasteiger partial charge on any atom is -0.391 e. The van der Waals surface area contributed by atoms with Crippen LogP contribution in [0.25, 0.3) is 0 Å². The molecule has 0 heterocycles. The first kappa shape index (κ1) is 16.9. The quantitative estimate of drug-likeness (QED) is 0.652. The van der Waals surface area contributed by atoms with Crippen LogP contribution < -0.4 is 0 Å². The van der Waals surface area contributed by atoms with Gasteiger partial charge in [-0.2, -0.15) is 0 Å². The van der Waals surface area contributed by atoms with Gasteiger partial charge in [0.1, 0.15) is 0 Å². The molecule has 1 fully saturated rings. The van der Waals surface area contributed by atoms with Gasteiger partial charge in [-0.3, -0.25) is 4.90 Å². The van der Waals surface area contributed by atoms with E-state index in [-0.39, 0.29) is 6.10 Å². The van der Waals surface area contributed by atoms with E-state index in [1.807, 2.05) is 0 Å². The van der Waals surface area contributed by atoms with E-state index in [1.165, 1.54) is 12.8 Å². The van der Waals surface area contributed by atoms with Gasteiger partial charge in [0.05, 0.1) is 12.7 Å². The lowest BCUT2D eigenvalue weighted by atomic mass is 9.81. The zero-order valence-electron chi connectivity index (χ0n) is 12.8. The first-order valence-corrected chi connectivity index (χ1v) is 7.62. The highest BCUT2D eigenvalue weighted by atomic mass is 16.5. The number of hydrogen-bond donors (Lipinski definition) is 1. The third kappa shape index (κ3) is 5.78. The second-order valence-corrected chi connectivity index (χ2v) is 5.60.